The van der Waals surface area contributed by atoms with E-state index in [4.69, 9.17) is 0 Å². The van der Waals surface area contributed by atoms with Crippen molar-refractivity contribution in [3.63, 3.8) is 0 Å². The largest absolute Gasteiger partial charge is 0.351 e. The molecule has 1 amide bonds. The predicted octanol–water partition coefficient (Wildman–Crippen LogP) is 0.636. The second kappa shape index (κ2) is 5.18. The van der Waals surface area contributed by atoms with E-state index in [2.05, 4.69) is 10.3 Å². The Kier molecular flexibility index (Phi) is 3.77. The first-order valence-electron chi connectivity index (χ1n) is 5.98. The fourth-order valence-corrected chi connectivity index (χ4v) is 2.80. The quantitative estimate of drug-likeness (QED) is 0.616. The van der Waals surface area contributed by atoms with Crippen molar-refractivity contribution in [1.82, 2.24) is 15.2 Å². The average Bonchev–Trinajstić information content (AvgIpc) is 3.02. The van der Waals surface area contributed by atoms with Gasteiger partial charge in [0.25, 0.3) is 11.6 Å². The van der Waals surface area contributed by atoms with E-state index >= 15 is 0 Å². The Morgan fingerprint density at radius 3 is 2.53 bits per heavy atom. The number of nitrogens with one attached hydrogen (secondary N) is 2. The van der Waals surface area contributed by atoms with Crippen LogP contribution in [0, 0.1) is 22.0 Å². The number of H-pyrrole nitrogens is 1. The average molecular weight is 287 g/mol. The zero-order valence-corrected chi connectivity index (χ0v) is 11.0. The molecule has 0 radical (unpaired) electrons. The Balaban J connectivity index is 0.00000133. The van der Waals surface area contributed by atoms with Gasteiger partial charge in [-0.25, -0.2) is 0 Å². The lowest BCUT2D eigenvalue weighted by atomic mass is 10.0. The smallest absolute Gasteiger partial charge is 0.287 e. The van der Waals surface area contributed by atoms with Crippen LogP contribution < -0.4 is 5.32 Å². The van der Waals surface area contributed by atoms with Gasteiger partial charge in [-0.1, -0.05) is 0 Å². The number of rotatable bonds is 2. The van der Waals surface area contributed by atoms with Gasteiger partial charge in [0.2, 0.25) is 0 Å². The summed E-state index contributed by atoms with van der Waals surface area (Å²) in [5.74, 6) is 0.912. The van der Waals surface area contributed by atoms with Gasteiger partial charge in [0, 0.05) is 32.2 Å². The molecule has 0 aromatic carbocycles. The molecule has 8 heteroatoms. The van der Waals surface area contributed by atoms with Crippen LogP contribution in [-0.4, -0.2) is 46.9 Å². The summed E-state index contributed by atoms with van der Waals surface area (Å²) in [5, 5.41) is 13.9. The number of fused-ring (bicyclic) bond motifs is 1. The van der Waals surface area contributed by atoms with E-state index in [1.165, 1.54) is 12.3 Å². The van der Waals surface area contributed by atoms with Crippen LogP contribution in [0.15, 0.2) is 12.3 Å². The third-order valence-electron chi connectivity index (χ3n) is 3.79. The molecule has 2 saturated heterocycles. The van der Waals surface area contributed by atoms with Crippen LogP contribution in [0.1, 0.15) is 10.5 Å². The molecule has 104 valence electrons. The molecule has 3 heterocycles. The molecule has 19 heavy (non-hydrogen) atoms. The summed E-state index contributed by atoms with van der Waals surface area (Å²) < 4.78 is 0. The van der Waals surface area contributed by atoms with Gasteiger partial charge in [-0.15, -0.1) is 12.4 Å². The maximum atomic E-state index is 12.2. The summed E-state index contributed by atoms with van der Waals surface area (Å²) in [5.41, 5.74) is 0.231. The fraction of sp³-hybridized carbons (Fsp3) is 0.545. The summed E-state index contributed by atoms with van der Waals surface area (Å²) in [4.78, 5) is 26.7. The molecular formula is C11H15ClN4O3. The summed E-state index contributed by atoms with van der Waals surface area (Å²) in [7, 11) is 0. The standard InChI is InChI=1S/C11H14N4O3.ClH/c16-11(10-1-9(4-13-10)15(17)18)14-5-7-2-12-3-8(7)6-14;/h1,4,7-8,12-13H,2-3,5-6H2;1H/t7-,8+;. The van der Waals surface area contributed by atoms with Gasteiger partial charge in [-0.2, -0.15) is 0 Å². The Hall–Kier alpha value is -1.60. The van der Waals surface area contributed by atoms with Crippen molar-refractivity contribution in [1.29, 1.82) is 0 Å². The van der Waals surface area contributed by atoms with Crippen LogP contribution in [0.3, 0.4) is 0 Å². The van der Waals surface area contributed by atoms with Gasteiger partial charge in [-0.05, 0) is 11.8 Å². The van der Waals surface area contributed by atoms with E-state index in [-0.39, 0.29) is 24.0 Å². The maximum absolute atomic E-state index is 12.2. The third-order valence-corrected chi connectivity index (χ3v) is 3.79. The van der Waals surface area contributed by atoms with Crippen molar-refractivity contribution in [2.24, 2.45) is 11.8 Å². The van der Waals surface area contributed by atoms with Gasteiger partial charge in [-0.3, -0.25) is 14.9 Å². The second-order valence-electron chi connectivity index (χ2n) is 4.92. The fourth-order valence-electron chi connectivity index (χ4n) is 2.80. The lowest BCUT2D eigenvalue weighted by Gasteiger charge is -2.16. The number of nitro groups is 1. The molecule has 3 rings (SSSR count). The van der Waals surface area contributed by atoms with E-state index < -0.39 is 4.92 Å². The third kappa shape index (κ3) is 2.43. The van der Waals surface area contributed by atoms with E-state index in [1.54, 1.807) is 4.90 Å². The lowest BCUT2D eigenvalue weighted by molar-refractivity contribution is -0.384. The van der Waals surface area contributed by atoms with Crippen molar-refractivity contribution in [3.05, 3.63) is 28.1 Å². The van der Waals surface area contributed by atoms with Crippen LogP contribution in [-0.2, 0) is 0 Å². The number of carbonyl (C=O) groups is 1. The van der Waals surface area contributed by atoms with Crippen molar-refractivity contribution in [3.8, 4) is 0 Å². The first-order valence-corrected chi connectivity index (χ1v) is 5.98. The normalized spacial score (nSPS) is 24.9. The first-order chi connectivity index (χ1) is 8.65. The Labute approximate surface area is 115 Å². The molecular weight excluding hydrogens is 272 g/mol. The minimum atomic E-state index is -0.504. The minimum absolute atomic E-state index is 0. The molecule has 2 atom stereocenters. The number of aromatic nitrogens is 1. The van der Waals surface area contributed by atoms with Crippen LogP contribution in [0.2, 0.25) is 0 Å². The highest BCUT2D eigenvalue weighted by Crippen LogP contribution is 2.27. The van der Waals surface area contributed by atoms with Crippen LogP contribution in [0.25, 0.3) is 0 Å². The molecule has 0 unspecified atom stereocenters. The highest BCUT2D eigenvalue weighted by atomic mass is 35.5. The van der Waals surface area contributed by atoms with Crippen LogP contribution in [0.4, 0.5) is 5.69 Å². The monoisotopic (exact) mass is 286 g/mol. The first kappa shape index (κ1) is 13.8. The molecule has 1 aromatic heterocycles. The zero-order valence-electron chi connectivity index (χ0n) is 10.2. The van der Waals surface area contributed by atoms with Crippen molar-refractivity contribution in [2.45, 2.75) is 0 Å². The van der Waals surface area contributed by atoms with E-state index in [0.29, 0.717) is 17.5 Å². The number of halogens is 1. The lowest BCUT2D eigenvalue weighted by Crippen LogP contribution is -2.32. The maximum Gasteiger partial charge on any atom is 0.287 e. The Morgan fingerprint density at radius 2 is 2.00 bits per heavy atom. The second-order valence-corrected chi connectivity index (χ2v) is 4.92. The Bertz CT molecular complexity index is 492. The number of hydrogen-bond donors (Lipinski definition) is 2. The molecule has 0 bridgehead atoms. The molecule has 2 aliphatic rings. The van der Waals surface area contributed by atoms with Crippen molar-refractivity contribution >= 4 is 24.0 Å². The molecule has 2 aliphatic heterocycles. The summed E-state index contributed by atoms with van der Waals surface area (Å²) in [6.07, 6.45) is 1.26. The number of likely N-dealkylation sites (tertiary alicyclic amines) is 1. The number of nitrogens with zero attached hydrogens (tertiary/aromatic N) is 2. The highest BCUT2D eigenvalue weighted by molar-refractivity contribution is 5.93. The van der Waals surface area contributed by atoms with E-state index in [1.807, 2.05) is 0 Å². The molecule has 2 N–H and O–H groups in total. The minimum Gasteiger partial charge on any atom is -0.351 e. The van der Waals surface area contributed by atoms with Crippen LogP contribution in [0.5, 0.6) is 0 Å². The summed E-state index contributed by atoms with van der Waals surface area (Å²) >= 11 is 0. The van der Waals surface area contributed by atoms with Gasteiger partial charge >= 0.3 is 0 Å². The number of carbonyl (C=O) groups excluding carboxylic acids is 1. The van der Waals surface area contributed by atoms with E-state index in [0.717, 1.165) is 26.2 Å². The molecule has 7 nitrogen and oxygen atoms in total. The van der Waals surface area contributed by atoms with Gasteiger partial charge < -0.3 is 15.2 Å². The highest BCUT2D eigenvalue weighted by Gasteiger charge is 2.38. The van der Waals surface area contributed by atoms with Gasteiger partial charge in [0.15, 0.2) is 0 Å². The molecule has 1 aromatic rings. The summed E-state index contributed by atoms with van der Waals surface area (Å²) in [6, 6.07) is 1.30. The molecule has 0 aliphatic carbocycles. The molecule has 0 spiro atoms. The SMILES string of the molecule is Cl.O=C(c1cc([N+](=O)[O-])c[nH]1)N1C[C@H]2CNC[C@H]2C1. The number of hydrogen-bond acceptors (Lipinski definition) is 4. The van der Waals surface area contributed by atoms with Gasteiger partial charge in [0.1, 0.15) is 5.69 Å². The topological polar surface area (TPSA) is 91.3 Å². The van der Waals surface area contributed by atoms with E-state index in [9.17, 15) is 14.9 Å². The van der Waals surface area contributed by atoms with Crippen molar-refractivity contribution < 1.29 is 9.72 Å². The number of amides is 1. The van der Waals surface area contributed by atoms with Crippen molar-refractivity contribution in [2.75, 3.05) is 26.2 Å². The number of aromatic amines is 1. The predicted molar refractivity (Wildman–Crippen MR) is 70.4 cm³/mol. The Morgan fingerprint density at radius 1 is 1.37 bits per heavy atom. The molecule has 2 fully saturated rings. The summed E-state index contributed by atoms with van der Waals surface area (Å²) in [6.45, 7) is 3.39. The molecule has 0 saturated carbocycles. The van der Waals surface area contributed by atoms with Gasteiger partial charge in [0.05, 0.1) is 11.1 Å². The zero-order chi connectivity index (χ0) is 12.7. The van der Waals surface area contributed by atoms with Crippen LogP contribution >= 0.6 is 12.4 Å².